The summed E-state index contributed by atoms with van der Waals surface area (Å²) in [6, 6.07) is 7.12. The Morgan fingerprint density at radius 1 is 1.42 bits per heavy atom. The minimum Gasteiger partial charge on any atom is -0.324 e. The zero-order valence-electron chi connectivity index (χ0n) is 11.5. The third-order valence-corrected chi connectivity index (χ3v) is 3.85. The Morgan fingerprint density at radius 3 is 2.89 bits per heavy atom. The Kier molecular flexibility index (Phi) is 3.50. The van der Waals surface area contributed by atoms with Gasteiger partial charge in [-0.05, 0) is 25.0 Å². The number of imidazole rings is 1. The molecule has 1 aliphatic carbocycles. The minimum atomic E-state index is 0.516. The van der Waals surface area contributed by atoms with Crippen LogP contribution in [0.25, 0.3) is 11.0 Å². The van der Waals surface area contributed by atoms with Crippen LogP contribution in [-0.4, -0.2) is 22.1 Å². The summed E-state index contributed by atoms with van der Waals surface area (Å²) >= 11 is 6.36. The highest BCUT2D eigenvalue weighted by atomic mass is 35.5. The van der Waals surface area contributed by atoms with E-state index >= 15 is 0 Å². The fourth-order valence-electron chi connectivity index (χ4n) is 2.53. The van der Waals surface area contributed by atoms with Gasteiger partial charge in [-0.3, -0.25) is 0 Å². The lowest BCUT2D eigenvalue weighted by Crippen LogP contribution is -2.25. The van der Waals surface area contributed by atoms with E-state index in [0.717, 1.165) is 29.0 Å². The van der Waals surface area contributed by atoms with E-state index in [1.54, 1.807) is 0 Å². The molecule has 1 heterocycles. The summed E-state index contributed by atoms with van der Waals surface area (Å²) in [5, 5.41) is 4.27. The first-order valence-electron chi connectivity index (χ1n) is 7.05. The number of hydrogen-bond acceptors (Lipinski definition) is 2. The summed E-state index contributed by atoms with van der Waals surface area (Å²) in [6.07, 6.45) is 3.46. The van der Waals surface area contributed by atoms with Crippen LogP contribution in [0, 0.1) is 0 Å². The number of rotatable bonds is 5. The number of benzene rings is 1. The van der Waals surface area contributed by atoms with E-state index in [9.17, 15) is 0 Å². The van der Waals surface area contributed by atoms with Gasteiger partial charge in [0.2, 0.25) is 0 Å². The molecule has 0 unspecified atom stereocenters. The SMILES string of the molecule is CC(C)NCCc1nc2cccc(Cl)c2n1C1CC1. The number of nitrogens with one attached hydrogen (secondary N) is 1. The summed E-state index contributed by atoms with van der Waals surface area (Å²) in [4.78, 5) is 4.77. The molecule has 1 N–H and O–H groups in total. The smallest absolute Gasteiger partial charge is 0.111 e. The van der Waals surface area contributed by atoms with E-state index in [1.165, 1.54) is 18.7 Å². The third kappa shape index (κ3) is 2.63. The standard InChI is InChI=1S/C15H20ClN3/c1-10(2)17-9-8-14-18-13-5-3-4-12(16)15(13)19(14)11-6-7-11/h3-5,10-11,17H,6-9H2,1-2H3. The first-order valence-corrected chi connectivity index (χ1v) is 7.43. The Bertz CT molecular complexity index is 584. The zero-order valence-corrected chi connectivity index (χ0v) is 12.2. The fourth-order valence-corrected chi connectivity index (χ4v) is 2.79. The van der Waals surface area contributed by atoms with Crippen LogP contribution in [0.1, 0.15) is 38.6 Å². The molecule has 4 heteroatoms. The fraction of sp³-hybridized carbons (Fsp3) is 0.533. The highest BCUT2D eigenvalue weighted by Crippen LogP contribution is 2.40. The van der Waals surface area contributed by atoms with Gasteiger partial charge in [-0.25, -0.2) is 4.98 Å². The third-order valence-electron chi connectivity index (χ3n) is 3.55. The molecule has 1 aromatic heterocycles. The monoisotopic (exact) mass is 277 g/mol. The molecule has 19 heavy (non-hydrogen) atoms. The Hall–Kier alpha value is -1.06. The van der Waals surface area contributed by atoms with Crippen LogP contribution < -0.4 is 5.32 Å². The molecule has 102 valence electrons. The lowest BCUT2D eigenvalue weighted by molar-refractivity contribution is 0.571. The summed E-state index contributed by atoms with van der Waals surface area (Å²) in [6.45, 7) is 5.30. The highest BCUT2D eigenvalue weighted by molar-refractivity contribution is 6.35. The molecule has 3 rings (SSSR count). The molecule has 1 aliphatic rings. The van der Waals surface area contributed by atoms with Crippen LogP contribution in [-0.2, 0) is 6.42 Å². The van der Waals surface area contributed by atoms with Gasteiger partial charge in [0.1, 0.15) is 5.82 Å². The molecule has 2 aromatic rings. The number of halogens is 1. The van der Waals surface area contributed by atoms with Gasteiger partial charge < -0.3 is 9.88 Å². The summed E-state index contributed by atoms with van der Waals surface area (Å²) < 4.78 is 2.36. The molecule has 0 spiro atoms. The van der Waals surface area contributed by atoms with Crippen molar-refractivity contribution in [3.05, 3.63) is 29.0 Å². The Morgan fingerprint density at radius 2 is 2.21 bits per heavy atom. The van der Waals surface area contributed by atoms with Crippen LogP contribution in [0.5, 0.6) is 0 Å². The van der Waals surface area contributed by atoms with Gasteiger partial charge in [-0.15, -0.1) is 0 Å². The van der Waals surface area contributed by atoms with Crippen molar-refractivity contribution in [1.29, 1.82) is 0 Å². The zero-order chi connectivity index (χ0) is 13.4. The summed E-state index contributed by atoms with van der Waals surface area (Å²) in [5.74, 6) is 1.17. The second-order valence-corrected chi connectivity index (χ2v) is 6.00. The molecule has 0 bridgehead atoms. The van der Waals surface area contributed by atoms with Gasteiger partial charge in [-0.1, -0.05) is 31.5 Å². The maximum atomic E-state index is 6.36. The van der Waals surface area contributed by atoms with Crippen LogP contribution >= 0.6 is 11.6 Å². The maximum absolute atomic E-state index is 6.36. The van der Waals surface area contributed by atoms with Crippen LogP contribution in [0.3, 0.4) is 0 Å². The molecule has 1 fully saturated rings. The lowest BCUT2D eigenvalue weighted by atomic mass is 10.3. The first-order chi connectivity index (χ1) is 9.16. The summed E-state index contributed by atoms with van der Waals surface area (Å²) in [5.41, 5.74) is 2.14. The van der Waals surface area contributed by atoms with Crippen molar-refractivity contribution < 1.29 is 0 Å². The number of nitrogens with zero attached hydrogens (tertiary/aromatic N) is 2. The van der Waals surface area contributed by atoms with Crippen molar-refractivity contribution in [2.75, 3.05) is 6.54 Å². The van der Waals surface area contributed by atoms with Crippen LogP contribution in [0.4, 0.5) is 0 Å². The quantitative estimate of drug-likeness (QED) is 0.906. The molecular weight excluding hydrogens is 258 g/mol. The highest BCUT2D eigenvalue weighted by Gasteiger charge is 2.28. The van der Waals surface area contributed by atoms with Gasteiger partial charge in [0.15, 0.2) is 0 Å². The van der Waals surface area contributed by atoms with Crippen molar-refractivity contribution in [2.45, 2.75) is 45.2 Å². The molecule has 0 radical (unpaired) electrons. The average molecular weight is 278 g/mol. The average Bonchev–Trinajstić information content (AvgIpc) is 3.11. The number of hydrogen-bond donors (Lipinski definition) is 1. The van der Waals surface area contributed by atoms with Gasteiger partial charge >= 0.3 is 0 Å². The number of para-hydroxylation sites is 1. The molecule has 0 amide bonds. The maximum Gasteiger partial charge on any atom is 0.111 e. The van der Waals surface area contributed by atoms with Gasteiger partial charge in [0, 0.05) is 25.0 Å². The van der Waals surface area contributed by atoms with E-state index in [-0.39, 0.29) is 0 Å². The summed E-state index contributed by atoms with van der Waals surface area (Å²) in [7, 11) is 0. The van der Waals surface area contributed by atoms with E-state index in [1.807, 2.05) is 12.1 Å². The molecule has 0 aliphatic heterocycles. The predicted molar refractivity (Wildman–Crippen MR) is 79.9 cm³/mol. The van der Waals surface area contributed by atoms with Gasteiger partial charge in [0.25, 0.3) is 0 Å². The van der Waals surface area contributed by atoms with Crippen molar-refractivity contribution in [3.8, 4) is 0 Å². The number of fused-ring (bicyclic) bond motifs is 1. The van der Waals surface area contributed by atoms with Crippen molar-refractivity contribution in [1.82, 2.24) is 14.9 Å². The topological polar surface area (TPSA) is 29.9 Å². The molecular formula is C15H20ClN3. The second kappa shape index (κ2) is 5.14. The number of aromatic nitrogens is 2. The van der Waals surface area contributed by atoms with E-state index in [4.69, 9.17) is 16.6 Å². The van der Waals surface area contributed by atoms with Gasteiger partial charge in [0.05, 0.1) is 16.1 Å². The minimum absolute atomic E-state index is 0.516. The Balaban J connectivity index is 1.94. The molecule has 0 saturated heterocycles. The molecule has 3 nitrogen and oxygen atoms in total. The van der Waals surface area contributed by atoms with Crippen LogP contribution in [0.15, 0.2) is 18.2 Å². The predicted octanol–water partition coefficient (Wildman–Crippen LogP) is 3.57. The van der Waals surface area contributed by atoms with Gasteiger partial charge in [-0.2, -0.15) is 0 Å². The normalized spacial score (nSPS) is 15.6. The van der Waals surface area contributed by atoms with Crippen molar-refractivity contribution in [2.24, 2.45) is 0 Å². The van der Waals surface area contributed by atoms with Crippen molar-refractivity contribution in [3.63, 3.8) is 0 Å². The molecule has 1 saturated carbocycles. The lowest BCUT2D eigenvalue weighted by Gasteiger charge is -2.10. The van der Waals surface area contributed by atoms with E-state index in [0.29, 0.717) is 12.1 Å². The van der Waals surface area contributed by atoms with E-state index < -0.39 is 0 Å². The van der Waals surface area contributed by atoms with Crippen molar-refractivity contribution >= 4 is 22.6 Å². The molecule has 0 atom stereocenters. The Labute approximate surface area is 119 Å². The largest absolute Gasteiger partial charge is 0.324 e. The molecule has 1 aromatic carbocycles. The van der Waals surface area contributed by atoms with E-state index in [2.05, 4.69) is 29.8 Å². The second-order valence-electron chi connectivity index (χ2n) is 5.60. The first kappa shape index (κ1) is 12.9. The van der Waals surface area contributed by atoms with Crippen LogP contribution in [0.2, 0.25) is 5.02 Å².